The van der Waals surface area contributed by atoms with E-state index in [0.717, 1.165) is 35.0 Å². The molecule has 0 saturated carbocycles. The predicted molar refractivity (Wildman–Crippen MR) is 105 cm³/mol. The number of nitrogens with one attached hydrogen (secondary N) is 1. The van der Waals surface area contributed by atoms with Crippen molar-refractivity contribution < 1.29 is 19.0 Å². The maximum Gasteiger partial charge on any atom is 0.341 e. The number of anilines is 1. The summed E-state index contributed by atoms with van der Waals surface area (Å²) in [5, 5.41) is 4.40. The molecule has 1 fully saturated rings. The Bertz CT molecular complexity index is 829. The van der Waals surface area contributed by atoms with Gasteiger partial charge in [-0.25, -0.2) is 4.79 Å². The van der Waals surface area contributed by atoms with E-state index in [1.54, 1.807) is 20.2 Å². The lowest BCUT2D eigenvalue weighted by molar-refractivity contribution is -0.0807. The lowest BCUT2D eigenvalue weighted by Gasteiger charge is -2.36. The van der Waals surface area contributed by atoms with Crippen molar-refractivity contribution >= 4 is 22.6 Å². The number of carbonyl (C=O) groups excluding carboxylic acids is 1. The third-order valence-electron chi connectivity index (χ3n) is 5.48. The largest absolute Gasteiger partial charge is 0.462 e. The zero-order valence-corrected chi connectivity index (χ0v) is 16.6. The van der Waals surface area contributed by atoms with E-state index in [9.17, 15) is 4.79 Å². The van der Waals surface area contributed by atoms with Gasteiger partial charge < -0.3 is 19.5 Å². The molecular weight excluding hydrogens is 344 g/mol. The van der Waals surface area contributed by atoms with Gasteiger partial charge in [-0.2, -0.15) is 0 Å². The van der Waals surface area contributed by atoms with Gasteiger partial charge in [0.05, 0.1) is 23.4 Å². The monoisotopic (exact) mass is 372 g/mol. The van der Waals surface area contributed by atoms with Crippen LogP contribution in [-0.4, -0.2) is 50.0 Å². The molecule has 0 atom stereocenters. The first-order chi connectivity index (χ1) is 13.0. The highest BCUT2D eigenvalue weighted by Gasteiger charge is 2.33. The molecule has 0 aliphatic carbocycles. The number of carbonyl (C=O) groups is 1. The van der Waals surface area contributed by atoms with Gasteiger partial charge in [0.1, 0.15) is 5.56 Å². The average Bonchev–Trinajstić information content (AvgIpc) is 2.69. The van der Waals surface area contributed by atoms with E-state index in [1.165, 1.54) is 5.56 Å². The Morgan fingerprint density at radius 1 is 1.30 bits per heavy atom. The third kappa shape index (κ3) is 3.92. The highest BCUT2D eigenvalue weighted by molar-refractivity contribution is 6.05. The Morgan fingerprint density at radius 3 is 2.70 bits per heavy atom. The number of esters is 1. The second kappa shape index (κ2) is 8.23. The Labute approximate surface area is 160 Å². The maximum atomic E-state index is 12.5. The Kier molecular flexibility index (Phi) is 5.97. The van der Waals surface area contributed by atoms with Crippen LogP contribution < -0.4 is 5.32 Å². The van der Waals surface area contributed by atoms with Gasteiger partial charge in [-0.05, 0) is 31.9 Å². The number of pyridine rings is 1. The van der Waals surface area contributed by atoms with Crippen LogP contribution >= 0.6 is 0 Å². The fourth-order valence-electron chi connectivity index (χ4n) is 3.51. The minimum atomic E-state index is -0.369. The van der Waals surface area contributed by atoms with E-state index in [2.05, 4.69) is 23.3 Å². The molecule has 3 rings (SSSR count). The standard InChI is InChI=1S/C21H28N2O4/c1-5-27-20(24)17-12-22-18-15(3)14(2)6-7-16(18)19(17)23-13-21(25-4)8-10-26-11-9-21/h6-7,12H,5,8-11,13H2,1-4H3,(H,22,23). The molecule has 1 saturated heterocycles. The van der Waals surface area contributed by atoms with Crippen molar-refractivity contribution in [1.29, 1.82) is 0 Å². The summed E-state index contributed by atoms with van der Waals surface area (Å²) in [5.41, 5.74) is 4.07. The molecule has 27 heavy (non-hydrogen) atoms. The second-order valence-corrected chi connectivity index (χ2v) is 7.02. The summed E-state index contributed by atoms with van der Waals surface area (Å²) >= 11 is 0. The normalized spacial score (nSPS) is 16.3. The zero-order valence-electron chi connectivity index (χ0n) is 16.6. The fourth-order valence-corrected chi connectivity index (χ4v) is 3.51. The minimum Gasteiger partial charge on any atom is -0.462 e. The van der Waals surface area contributed by atoms with E-state index in [-0.39, 0.29) is 11.6 Å². The molecule has 1 aliphatic heterocycles. The molecule has 1 aromatic carbocycles. The van der Waals surface area contributed by atoms with Crippen LogP contribution in [0, 0.1) is 13.8 Å². The summed E-state index contributed by atoms with van der Waals surface area (Å²) in [6, 6.07) is 4.07. The highest BCUT2D eigenvalue weighted by atomic mass is 16.5. The molecule has 0 radical (unpaired) electrons. The van der Waals surface area contributed by atoms with E-state index in [0.29, 0.717) is 31.9 Å². The number of hydrogen-bond acceptors (Lipinski definition) is 6. The molecule has 6 nitrogen and oxygen atoms in total. The highest BCUT2D eigenvalue weighted by Crippen LogP contribution is 2.32. The van der Waals surface area contributed by atoms with Gasteiger partial charge in [-0.1, -0.05) is 12.1 Å². The molecule has 0 unspecified atom stereocenters. The van der Waals surface area contributed by atoms with Gasteiger partial charge in [0, 0.05) is 51.3 Å². The minimum absolute atomic E-state index is 0.306. The molecule has 1 aliphatic rings. The summed E-state index contributed by atoms with van der Waals surface area (Å²) < 4.78 is 16.6. The van der Waals surface area contributed by atoms with Gasteiger partial charge >= 0.3 is 5.97 Å². The van der Waals surface area contributed by atoms with Crippen LogP contribution in [0.2, 0.25) is 0 Å². The fraction of sp³-hybridized carbons (Fsp3) is 0.524. The van der Waals surface area contributed by atoms with Crippen molar-refractivity contribution in [3.8, 4) is 0 Å². The number of ether oxygens (including phenoxy) is 3. The number of rotatable bonds is 6. The van der Waals surface area contributed by atoms with Gasteiger partial charge in [-0.15, -0.1) is 0 Å². The first kappa shape index (κ1) is 19.6. The number of methoxy groups -OCH3 is 1. The van der Waals surface area contributed by atoms with Crippen molar-refractivity contribution in [2.75, 3.05) is 38.8 Å². The number of benzene rings is 1. The summed E-state index contributed by atoms with van der Waals surface area (Å²) in [7, 11) is 1.73. The third-order valence-corrected chi connectivity index (χ3v) is 5.48. The van der Waals surface area contributed by atoms with Crippen molar-refractivity contribution in [2.45, 2.75) is 39.2 Å². The molecule has 146 valence electrons. The Hall–Kier alpha value is -2.18. The van der Waals surface area contributed by atoms with Crippen LogP contribution in [0.4, 0.5) is 5.69 Å². The Morgan fingerprint density at radius 2 is 2.04 bits per heavy atom. The van der Waals surface area contributed by atoms with Gasteiger partial charge in [-0.3, -0.25) is 4.98 Å². The van der Waals surface area contributed by atoms with E-state index in [4.69, 9.17) is 14.2 Å². The van der Waals surface area contributed by atoms with Crippen molar-refractivity contribution in [3.05, 3.63) is 35.0 Å². The number of nitrogens with zero attached hydrogens (tertiary/aromatic N) is 1. The molecule has 1 aromatic heterocycles. The molecule has 2 aromatic rings. The Balaban J connectivity index is 2.03. The lowest BCUT2D eigenvalue weighted by atomic mass is 9.93. The number of aryl methyl sites for hydroxylation is 2. The molecule has 6 heteroatoms. The van der Waals surface area contributed by atoms with Gasteiger partial charge in [0.25, 0.3) is 0 Å². The van der Waals surface area contributed by atoms with Crippen molar-refractivity contribution in [2.24, 2.45) is 0 Å². The summed E-state index contributed by atoms with van der Waals surface area (Å²) in [6.07, 6.45) is 3.23. The molecule has 0 amide bonds. The summed E-state index contributed by atoms with van der Waals surface area (Å²) in [6.45, 7) is 8.17. The molecule has 2 heterocycles. The second-order valence-electron chi connectivity index (χ2n) is 7.02. The SMILES string of the molecule is CCOC(=O)c1cnc2c(C)c(C)ccc2c1NCC1(OC)CCOCC1. The first-order valence-electron chi connectivity index (χ1n) is 9.44. The predicted octanol–water partition coefficient (Wildman–Crippen LogP) is 3.64. The van der Waals surface area contributed by atoms with E-state index in [1.807, 2.05) is 13.0 Å². The van der Waals surface area contributed by atoms with E-state index < -0.39 is 0 Å². The summed E-state index contributed by atoms with van der Waals surface area (Å²) in [5.74, 6) is -0.369. The van der Waals surface area contributed by atoms with Crippen molar-refractivity contribution in [1.82, 2.24) is 4.98 Å². The van der Waals surface area contributed by atoms with E-state index >= 15 is 0 Å². The lowest BCUT2D eigenvalue weighted by Crippen LogP contribution is -2.44. The van der Waals surface area contributed by atoms with Crippen LogP contribution in [0.25, 0.3) is 10.9 Å². The maximum absolute atomic E-state index is 12.5. The molecule has 0 bridgehead atoms. The molecule has 0 spiro atoms. The van der Waals surface area contributed by atoms with Crippen LogP contribution in [0.15, 0.2) is 18.3 Å². The van der Waals surface area contributed by atoms with Crippen LogP contribution in [0.5, 0.6) is 0 Å². The quantitative estimate of drug-likeness (QED) is 0.781. The zero-order chi connectivity index (χ0) is 19.4. The summed E-state index contributed by atoms with van der Waals surface area (Å²) in [4.78, 5) is 17.1. The van der Waals surface area contributed by atoms with Crippen molar-refractivity contribution in [3.63, 3.8) is 0 Å². The first-order valence-corrected chi connectivity index (χ1v) is 9.44. The molecular formula is C21H28N2O4. The topological polar surface area (TPSA) is 69.7 Å². The number of hydrogen-bond donors (Lipinski definition) is 1. The van der Waals surface area contributed by atoms with Crippen LogP contribution in [-0.2, 0) is 14.2 Å². The number of aromatic nitrogens is 1. The average molecular weight is 372 g/mol. The number of fused-ring (bicyclic) bond motifs is 1. The van der Waals surface area contributed by atoms with Gasteiger partial charge in [0.2, 0.25) is 0 Å². The van der Waals surface area contributed by atoms with Crippen LogP contribution in [0.1, 0.15) is 41.3 Å². The smallest absolute Gasteiger partial charge is 0.341 e. The molecule has 1 N–H and O–H groups in total. The van der Waals surface area contributed by atoms with Crippen LogP contribution in [0.3, 0.4) is 0 Å². The van der Waals surface area contributed by atoms with Gasteiger partial charge in [0.15, 0.2) is 0 Å².